The van der Waals surface area contributed by atoms with E-state index in [0.717, 1.165) is 30.5 Å². The highest BCUT2D eigenvalue weighted by Crippen LogP contribution is 2.34. The van der Waals surface area contributed by atoms with Crippen molar-refractivity contribution in [1.29, 1.82) is 0 Å². The first-order valence-corrected chi connectivity index (χ1v) is 15.4. The van der Waals surface area contributed by atoms with Crippen LogP contribution >= 0.6 is 11.8 Å². The molecule has 40 heavy (non-hydrogen) atoms. The molecule has 3 saturated heterocycles. The SMILES string of the molecule is NC(=O)N1CCN(CCC(=O)NC2CCC(N3C(=O)C4C=CC(F)=CN=C4N(C4CCSCC4)C3=O)CC2)CC1. The zero-order valence-corrected chi connectivity index (χ0v) is 23.5. The zero-order chi connectivity index (χ0) is 28.2. The summed E-state index contributed by atoms with van der Waals surface area (Å²) in [7, 11) is 0. The Labute approximate surface area is 238 Å². The number of amides is 6. The van der Waals surface area contributed by atoms with E-state index in [1.807, 2.05) is 11.8 Å². The lowest BCUT2D eigenvalue weighted by atomic mass is 9.88. The molecule has 13 heteroatoms. The van der Waals surface area contributed by atoms with Gasteiger partial charge in [0.05, 0.1) is 6.20 Å². The van der Waals surface area contributed by atoms with Crippen molar-refractivity contribution in [3.05, 3.63) is 24.2 Å². The van der Waals surface area contributed by atoms with Gasteiger partial charge in [-0.05, 0) is 56.1 Å². The molecule has 1 aliphatic carbocycles. The van der Waals surface area contributed by atoms with Crippen molar-refractivity contribution in [1.82, 2.24) is 24.9 Å². The Morgan fingerprint density at radius 1 is 1.00 bits per heavy atom. The number of aliphatic imine (C=N–C) groups is 1. The maximum absolute atomic E-state index is 14.1. The van der Waals surface area contributed by atoms with E-state index in [1.165, 1.54) is 17.1 Å². The summed E-state index contributed by atoms with van der Waals surface area (Å²) in [5.41, 5.74) is 5.33. The number of hydrogen-bond acceptors (Lipinski definition) is 7. The van der Waals surface area contributed by atoms with E-state index in [9.17, 15) is 23.6 Å². The van der Waals surface area contributed by atoms with Crippen LogP contribution in [-0.2, 0) is 9.59 Å². The number of thioether (sulfide) groups is 1. The van der Waals surface area contributed by atoms with Crippen molar-refractivity contribution >= 4 is 41.5 Å². The molecule has 3 N–H and O–H groups in total. The van der Waals surface area contributed by atoms with E-state index in [4.69, 9.17) is 5.73 Å². The average molecular weight is 576 g/mol. The van der Waals surface area contributed by atoms with Gasteiger partial charge in [0, 0.05) is 57.3 Å². The Balaban J connectivity index is 1.16. The summed E-state index contributed by atoms with van der Waals surface area (Å²) in [5, 5.41) is 3.12. The number of amidine groups is 1. The molecule has 5 rings (SSSR count). The molecule has 11 nitrogen and oxygen atoms in total. The van der Waals surface area contributed by atoms with Gasteiger partial charge in [0.15, 0.2) is 0 Å². The Hall–Kier alpha value is -2.93. The standard InChI is InChI=1S/C27H38FN7O4S/c28-18-1-6-22-24(30-17-18)34(21-8-15-40-16-9-21)27(39)35(25(22)37)20-4-2-19(3-5-20)31-23(36)7-10-32-11-13-33(14-12-32)26(29)38/h1,6,17,19-22H,2-5,7-16H2,(H2,29,38)(H,31,36). The van der Waals surface area contributed by atoms with Crippen LogP contribution in [0.15, 0.2) is 29.2 Å². The van der Waals surface area contributed by atoms with Crippen LogP contribution in [0.3, 0.4) is 0 Å². The van der Waals surface area contributed by atoms with Crippen LogP contribution in [0, 0.1) is 5.92 Å². The van der Waals surface area contributed by atoms with Crippen LogP contribution in [0.2, 0.25) is 0 Å². The zero-order valence-electron chi connectivity index (χ0n) is 22.7. The van der Waals surface area contributed by atoms with Gasteiger partial charge in [-0.3, -0.25) is 24.3 Å². The van der Waals surface area contributed by atoms with Crippen molar-refractivity contribution in [2.75, 3.05) is 44.2 Å². The molecule has 6 amide bonds. The van der Waals surface area contributed by atoms with E-state index in [2.05, 4.69) is 15.2 Å². The number of imide groups is 1. The van der Waals surface area contributed by atoms with E-state index >= 15 is 0 Å². The van der Waals surface area contributed by atoms with Crippen LogP contribution in [0.5, 0.6) is 0 Å². The molecule has 0 bridgehead atoms. The highest BCUT2D eigenvalue weighted by Gasteiger charge is 2.49. The molecule has 0 aromatic heterocycles. The van der Waals surface area contributed by atoms with Gasteiger partial charge in [0.25, 0.3) is 0 Å². The van der Waals surface area contributed by atoms with E-state index in [-0.39, 0.29) is 36.0 Å². The van der Waals surface area contributed by atoms with Gasteiger partial charge in [-0.1, -0.05) is 6.08 Å². The molecule has 0 aromatic rings. The minimum Gasteiger partial charge on any atom is -0.353 e. The molecule has 1 saturated carbocycles. The quantitative estimate of drug-likeness (QED) is 0.499. The molecular formula is C27H38FN7O4S. The fourth-order valence-electron chi connectivity index (χ4n) is 6.24. The second kappa shape index (κ2) is 12.7. The van der Waals surface area contributed by atoms with Crippen LogP contribution < -0.4 is 11.1 Å². The summed E-state index contributed by atoms with van der Waals surface area (Å²) in [6.45, 7) is 3.15. The number of piperazine rings is 1. The van der Waals surface area contributed by atoms with Crippen molar-refractivity contribution in [2.24, 2.45) is 16.6 Å². The van der Waals surface area contributed by atoms with Crippen LogP contribution in [0.1, 0.15) is 44.9 Å². The van der Waals surface area contributed by atoms with Crippen molar-refractivity contribution in [3.8, 4) is 0 Å². The van der Waals surface area contributed by atoms with Gasteiger partial charge in [0.1, 0.15) is 17.6 Å². The Kier molecular flexibility index (Phi) is 9.09. The van der Waals surface area contributed by atoms with Crippen molar-refractivity contribution in [2.45, 2.75) is 63.1 Å². The first kappa shape index (κ1) is 28.6. The topological polar surface area (TPSA) is 132 Å². The minimum atomic E-state index is -0.793. The van der Waals surface area contributed by atoms with Gasteiger partial charge >= 0.3 is 12.1 Å². The fraction of sp³-hybridized carbons (Fsp3) is 0.667. The lowest BCUT2D eigenvalue weighted by Crippen LogP contribution is -2.65. The molecule has 1 unspecified atom stereocenters. The lowest BCUT2D eigenvalue weighted by molar-refractivity contribution is -0.134. The number of allylic oxidation sites excluding steroid dienone is 2. The molecule has 4 heterocycles. The predicted molar refractivity (Wildman–Crippen MR) is 150 cm³/mol. The molecule has 0 spiro atoms. The van der Waals surface area contributed by atoms with Crippen LogP contribution in [0.25, 0.3) is 0 Å². The van der Waals surface area contributed by atoms with Gasteiger partial charge in [-0.25, -0.2) is 19.0 Å². The molecular weight excluding hydrogens is 537 g/mol. The summed E-state index contributed by atoms with van der Waals surface area (Å²) in [6.07, 6.45) is 8.37. The highest BCUT2D eigenvalue weighted by atomic mass is 32.2. The maximum Gasteiger partial charge on any atom is 0.332 e. The van der Waals surface area contributed by atoms with Gasteiger partial charge < -0.3 is 16.0 Å². The first-order chi connectivity index (χ1) is 19.3. The number of urea groups is 2. The molecule has 1 atom stereocenters. The van der Waals surface area contributed by atoms with Crippen LogP contribution in [-0.4, -0.2) is 112 Å². The first-order valence-electron chi connectivity index (χ1n) is 14.2. The second-order valence-electron chi connectivity index (χ2n) is 11.0. The van der Waals surface area contributed by atoms with E-state index in [0.29, 0.717) is 70.7 Å². The Bertz CT molecular complexity index is 1090. The van der Waals surface area contributed by atoms with Crippen molar-refractivity contribution < 1.29 is 23.6 Å². The number of hydrogen-bond donors (Lipinski definition) is 2. The van der Waals surface area contributed by atoms with Gasteiger partial charge in [-0.15, -0.1) is 0 Å². The Morgan fingerprint density at radius 3 is 2.35 bits per heavy atom. The van der Waals surface area contributed by atoms with Crippen molar-refractivity contribution in [3.63, 3.8) is 0 Å². The number of carbonyl (C=O) groups excluding carboxylic acids is 4. The number of rotatable bonds is 6. The minimum absolute atomic E-state index is 0.00915. The summed E-state index contributed by atoms with van der Waals surface area (Å²) in [6, 6.07) is -1.11. The third-order valence-electron chi connectivity index (χ3n) is 8.53. The molecule has 0 radical (unpaired) electrons. The third kappa shape index (κ3) is 6.35. The van der Waals surface area contributed by atoms with Gasteiger partial charge in [-0.2, -0.15) is 11.8 Å². The number of halogens is 1. The number of carbonyl (C=O) groups is 4. The number of nitrogens with zero attached hydrogens (tertiary/aromatic N) is 5. The lowest BCUT2D eigenvalue weighted by Gasteiger charge is -2.46. The molecule has 4 fully saturated rings. The summed E-state index contributed by atoms with van der Waals surface area (Å²) < 4.78 is 14.1. The monoisotopic (exact) mass is 575 g/mol. The average Bonchev–Trinajstić information content (AvgIpc) is 3.15. The molecule has 5 aliphatic rings. The summed E-state index contributed by atoms with van der Waals surface area (Å²) in [4.78, 5) is 62.4. The molecule has 4 aliphatic heterocycles. The maximum atomic E-state index is 14.1. The second-order valence-corrected chi connectivity index (χ2v) is 12.3. The largest absolute Gasteiger partial charge is 0.353 e. The predicted octanol–water partition coefficient (Wildman–Crippen LogP) is 2.06. The fourth-order valence-corrected chi connectivity index (χ4v) is 7.32. The van der Waals surface area contributed by atoms with E-state index < -0.39 is 17.8 Å². The summed E-state index contributed by atoms with van der Waals surface area (Å²) in [5.74, 6) is 0.462. The molecule has 218 valence electrons. The Morgan fingerprint density at radius 2 is 1.68 bits per heavy atom. The third-order valence-corrected chi connectivity index (χ3v) is 9.58. The number of nitrogens with one attached hydrogen (secondary N) is 1. The van der Waals surface area contributed by atoms with E-state index in [1.54, 1.807) is 9.80 Å². The normalized spacial score (nSPS) is 28.5. The van der Waals surface area contributed by atoms with Crippen LogP contribution in [0.4, 0.5) is 14.0 Å². The number of nitrogens with two attached hydrogens (primary N) is 1. The molecule has 0 aromatic carbocycles. The smallest absolute Gasteiger partial charge is 0.332 e. The highest BCUT2D eigenvalue weighted by molar-refractivity contribution is 7.99. The number of primary amides is 1. The van der Waals surface area contributed by atoms with Gasteiger partial charge in [0.2, 0.25) is 11.8 Å². The number of fused-ring (bicyclic) bond motifs is 1. The summed E-state index contributed by atoms with van der Waals surface area (Å²) >= 11 is 1.84.